The number of hydrogen-bond acceptors (Lipinski definition) is 7. The molecule has 3 rings (SSSR count). The maximum absolute atomic E-state index is 5.58. The lowest BCUT2D eigenvalue weighted by Gasteiger charge is -1.99. The van der Waals surface area contributed by atoms with Crippen molar-refractivity contribution in [2.45, 2.75) is 10.2 Å². The summed E-state index contributed by atoms with van der Waals surface area (Å²) in [5, 5.41) is 15.2. The van der Waals surface area contributed by atoms with Crippen LogP contribution in [0.3, 0.4) is 0 Å². The van der Waals surface area contributed by atoms with Crippen molar-refractivity contribution in [1.82, 2.24) is 35.3 Å². The zero-order chi connectivity index (χ0) is 11.0. The van der Waals surface area contributed by atoms with E-state index >= 15 is 0 Å². The third-order valence-corrected chi connectivity index (χ3v) is 2.77. The molecule has 0 aromatic carbocycles. The lowest BCUT2D eigenvalue weighted by Crippen LogP contribution is -1.96. The van der Waals surface area contributed by atoms with Crippen molar-refractivity contribution in [3.8, 4) is 0 Å². The van der Waals surface area contributed by atoms with Gasteiger partial charge < -0.3 is 5.73 Å². The molecule has 16 heavy (non-hydrogen) atoms. The van der Waals surface area contributed by atoms with Gasteiger partial charge in [0.1, 0.15) is 11.4 Å². The van der Waals surface area contributed by atoms with E-state index in [9.17, 15) is 0 Å². The second kappa shape index (κ2) is 3.45. The summed E-state index contributed by atoms with van der Waals surface area (Å²) in [6.07, 6.45) is 3.08. The van der Waals surface area contributed by atoms with E-state index < -0.39 is 0 Å². The third kappa shape index (κ3) is 1.46. The molecule has 0 aliphatic carbocycles. The van der Waals surface area contributed by atoms with Gasteiger partial charge in [-0.05, 0) is 11.8 Å². The molecular weight excluding hydrogens is 228 g/mol. The Balaban J connectivity index is 2.11. The van der Waals surface area contributed by atoms with Crippen molar-refractivity contribution in [2.75, 3.05) is 5.73 Å². The number of nitrogens with two attached hydrogens (primary N) is 1. The van der Waals surface area contributed by atoms with E-state index in [1.165, 1.54) is 18.1 Å². The van der Waals surface area contributed by atoms with E-state index in [4.69, 9.17) is 5.73 Å². The molecule has 3 aromatic heterocycles. The number of aromatic nitrogens is 7. The summed E-state index contributed by atoms with van der Waals surface area (Å²) < 4.78 is 0. The smallest absolute Gasteiger partial charge is 0.223 e. The maximum Gasteiger partial charge on any atom is 0.223 e. The predicted octanol–water partition coefficient (Wildman–Crippen LogP) is 0.204. The van der Waals surface area contributed by atoms with Crippen LogP contribution in [0.5, 0.6) is 0 Å². The van der Waals surface area contributed by atoms with Crippen molar-refractivity contribution in [1.29, 1.82) is 0 Å². The summed E-state index contributed by atoms with van der Waals surface area (Å²) in [5.41, 5.74) is 6.19. The Labute approximate surface area is 93.1 Å². The Kier molecular flexibility index (Phi) is 1.96. The average molecular weight is 234 g/mol. The van der Waals surface area contributed by atoms with Crippen molar-refractivity contribution in [2.24, 2.45) is 0 Å². The second-order valence-corrected chi connectivity index (χ2v) is 3.89. The van der Waals surface area contributed by atoms with E-state index in [1.54, 1.807) is 6.20 Å². The molecule has 0 spiro atoms. The first kappa shape index (κ1) is 9.09. The van der Waals surface area contributed by atoms with Crippen molar-refractivity contribution in [3.05, 3.63) is 12.5 Å². The van der Waals surface area contributed by atoms with E-state index in [1.807, 2.05) is 0 Å². The molecule has 3 aromatic rings. The van der Waals surface area contributed by atoms with Crippen molar-refractivity contribution in [3.63, 3.8) is 0 Å². The van der Waals surface area contributed by atoms with Gasteiger partial charge in [0.05, 0.1) is 11.6 Å². The van der Waals surface area contributed by atoms with Gasteiger partial charge in [-0.2, -0.15) is 15.2 Å². The minimum atomic E-state index is 0.193. The quantitative estimate of drug-likeness (QED) is 0.541. The third-order valence-electron chi connectivity index (χ3n) is 1.88. The lowest BCUT2D eigenvalue weighted by atomic mass is 10.4. The van der Waals surface area contributed by atoms with E-state index in [0.717, 1.165) is 5.39 Å². The highest BCUT2D eigenvalue weighted by molar-refractivity contribution is 7.99. The number of aromatic amines is 2. The van der Waals surface area contributed by atoms with Gasteiger partial charge in [-0.1, -0.05) is 0 Å². The Morgan fingerprint density at radius 2 is 2.12 bits per heavy atom. The Bertz CT molecular complexity index is 614. The van der Waals surface area contributed by atoms with Crippen LogP contribution in [-0.4, -0.2) is 35.3 Å². The van der Waals surface area contributed by atoms with E-state index in [0.29, 0.717) is 15.8 Å². The number of nitrogen functional groups attached to an aromatic ring is 1. The largest absolute Gasteiger partial charge is 0.368 e. The van der Waals surface area contributed by atoms with Crippen LogP contribution in [0.25, 0.3) is 11.0 Å². The first-order valence-electron chi connectivity index (χ1n) is 4.33. The molecule has 8 nitrogen and oxygen atoms in total. The summed E-state index contributed by atoms with van der Waals surface area (Å²) in [5.74, 6) is 0.193. The van der Waals surface area contributed by atoms with Gasteiger partial charge in [0.15, 0.2) is 10.8 Å². The van der Waals surface area contributed by atoms with Gasteiger partial charge in [0.25, 0.3) is 0 Å². The molecule has 0 bridgehead atoms. The van der Waals surface area contributed by atoms with Crippen LogP contribution in [0.2, 0.25) is 0 Å². The minimum absolute atomic E-state index is 0.193. The standard InChI is InChI=1S/C7H6N8S/c8-6-12-4-3(1-10-14-4)5(13-6)16-7-9-2-11-15-7/h1-2H,(H,9,11,15)(H3,8,10,12,13,14). The van der Waals surface area contributed by atoms with Crippen LogP contribution in [0, 0.1) is 0 Å². The highest BCUT2D eigenvalue weighted by Gasteiger charge is 2.10. The predicted molar refractivity (Wildman–Crippen MR) is 56.6 cm³/mol. The molecule has 0 amide bonds. The molecule has 3 heterocycles. The van der Waals surface area contributed by atoms with E-state index in [2.05, 4.69) is 35.3 Å². The zero-order valence-corrected chi connectivity index (χ0v) is 8.69. The van der Waals surface area contributed by atoms with Gasteiger partial charge in [-0.3, -0.25) is 10.2 Å². The molecule has 0 fully saturated rings. The van der Waals surface area contributed by atoms with Crippen molar-refractivity contribution >= 4 is 28.7 Å². The van der Waals surface area contributed by atoms with Crippen LogP contribution in [0.1, 0.15) is 0 Å². The molecule has 0 radical (unpaired) electrons. The fraction of sp³-hybridized carbons (Fsp3) is 0. The van der Waals surface area contributed by atoms with Crippen LogP contribution in [-0.2, 0) is 0 Å². The van der Waals surface area contributed by atoms with Gasteiger partial charge in [0, 0.05) is 0 Å². The molecule has 0 aliphatic heterocycles. The van der Waals surface area contributed by atoms with Crippen LogP contribution in [0.4, 0.5) is 5.95 Å². The number of fused-ring (bicyclic) bond motifs is 1. The highest BCUT2D eigenvalue weighted by atomic mass is 32.2. The summed E-state index contributed by atoms with van der Waals surface area (Å²) in [6, 6.07) is 0. The molecule has 9 heteroatoms. The first-order valence-corrected chi connectivity index (χ1v) is 5.14. The topological polar surface area (TPSA) is 122 Å². The number of hydrogen-bond donors (Lipinski definition) is 3. The minimum Gasteiger partial charge on any atom is -0.368 e. The maximum atomic E-state index is 5.58. The lowest BCUT2D eigenvalue weighted by molar-refractivity contribution is 0.968. The van der Waals surface area contributed by atoms with Crippen molar-refractivity contribution < 1.29 is 0 Å². The zero-order valence-electron chi connectivity index (χ0n) is 7.88. The Morgan fingerprint density at radius 3 is 2.94 bits per heavy atom. The molecule has 0 saturated heterocycles. The van der Waals surface area contributed by atoms with E-state index in [-0.39, 0.29) is 5.95 Å². The number of nitrogens with zero attached hydrogens (tertiary/aromatic N) is 5. The molecule has 80 valence electrons. The summed E-state index contributed by atoms with van der Waals surface area (Å²) in [7, 11) is 0. The van der Waals surface area contributed by atoms with Gasteiger partial charge >= 0.3 is 0 Å². The highest BCUT2D eigenvalue weighted by Crippen LogP contribution is 2.28. The molecule has 0 aliphatic rings. The van der Waals surface area contributed by atoms with Crippen LogP contribution >= 0.6 is 11.8 Å². The normalized spacial score (nSPS) is 11.0. The van der Waals surface area contributed by atoms with Gasteiger partial charge in [-0.15, -0.1) is 0 Å². The Hall–Kier alpha value is -2.16. The summed E-state index contributed by atoms with van der Waals surface area (Å²) in [4.78, 5) is 12.1. The number of anilines is 1. The fourth-order valence-electron chi connectivity index (χ4n) is 1.24. The molecular formula is C7H6N8S. The van der Waals surface area contributed by atoms with Gasteiger partial charge in [-0.25, -0.2) is 9.97 Å². The molecule has 4 N–H and O–H groups in total. The number of rotatable bonds is 2. The summed E-state index contributed by atoms with van der Waals surface area (Å²) in [6.45, 7) is 0. The van der Waals surface area contributed by atoms with Crippen LogP contribution < -0.4 is 5.73 Å². The molecule has 0 atom stereocenters. The monoisotopic (exact) mass is 234 g/mol. The number of H-pyrrole nitrogens is 2. The average Bonchev–Trinajstić information content (AvgIpc) is 2.87. The first-order chi connectivity index (χ1) is 7.83. The molecule has 0 saturated carbocycles. The van der Waals surface area contributed by atoms with Gasteiger partial charge in [0.2, 0.25) is 5.95 Å². The Morgan fingerprint density at radius 1 is 1.19 bits per heavy atom. The van der Waals surface area contributed by atoms with Crippen LogP contribution in [0.15, 0.2) is 22.7 Å². The number of nitrogens with one attached hydrogen (secondary N) is 2. The molecule has 0 unspecified atom stereocenters. The fourth-order valence-corrected chi connectivity index (χ4v) is 2.02. The second-order valence-electron chi connectivity index (χ2n) is 2.91. The summed E-state index contributed by atoms with van der Waals surface area (Å²) >= 11 is 1.32. The SMILES string of the molecule is Nc1nc(Sc2ncn[nH]2)c2cn[nH]c2n1.